The van der Waals surface area contributed by atoms with Gasteiger partial charge in [-0.3, -0.25) is 4.90 Å². The maximum atomic E-state index is 13.5. The highest BCUT2D eigenvalue weighted by atomic mass is 19.4. The molecular weight excluding hydrogens is 553 g/mol. The first-order valence-corrected chi connectivity index (χ1v) is 13.1. The Kier molecular flexibility index (Phi) is 10.4. The summed E-state index contributed by atoms with van der Waals surface area (Å²) in [5, 5.41) is 12.8. The van der Waals surface area contributed by atoms with Crippen molar-refractivity contribution in [2.45, 2.75) is 62.7 Å². The molecule has 4 rings (SSSR count). The lowest BCUT2D eigenvalue weighted by atomic mass is 9.65. The van der Waals surface area contributed by atoms with Crippen molar-refractivity contribution in [2.24, 2.45) is 0 Å². The summed E-state index contributed by atoms with van der Waals surface area (Å²) in [6, 6.07) is 9.42. The van der Waals surface area contributed by atoms with E-state index in [1.807, 2.05) is 6.07 Å². The third-order valence-corrected chi connectivity index (χ3v) is 7.59. The van der Waals surface area contributed by atoms with Gasteiger partial charge in [0.25, 0.3) is 0 Å². The van der Waals surface area contributed by atoms with E-state index in [1.54, 1.807) is 14.2 Å². The highest BCUT2D eigenvalue weighted by Gasteiger charge is 2.51. The van der Waals surface area contributed by atoms with Gasteiger partial charge in [0.1, 0.15) is 0 Å². The van der Waals surface area contributed by atoms with Gasteiger partial charge in [0, 0.05) is 29.3 Å². The second-order valence-corrected chi connectivity index (χ2v) is 10.0. The highest BCUT2D eigenvalue weighted by Crippen LogP contribution is 2.50. The number of carbonyl (C=O) groups is 2. The molecule has 2 aromatic carbocycles. The monoisotopic (exact) mass is 587 g/mol. The zero-order valence-electron chi connectivity index (χ0n) is 23.0. The van der Waals surface area contributed by atoms with E-state index in [-0.39, 0.29) is 23.2 Å². The zero-order valence-corrected chi connectivity index (χ0v) is 23.0. The third-order valence-electron chi connectivity index (χ3n) is 7.59. The molecule has 226 valence electrons. The summed E-state index contributed by atoms with van der Waals surface area (Å²) in [6.07, 6.45) is -0.382. The lowest BCUT2D eigenvalue weighted by molar-refractivity contribution is -0.192. The van der Waals surface area contributed by atoms with Gasteiger partial charge in [0.05, 0.1) is 14.2 Å². The molecule has 2 fully saturated rings. The molecule has 0 aromatic heterocycles. The molecule has 2 aliphatic rings. The Labute approximate surface area is 234 Å². The van der Waals surface area contributed by atoms with E-state index in [2.05, 4.69) is 34.6 Å². The first kappa shape index (κ1) is 31.9. The number of methoxy groups -OCH3 is 2. The summed E-state index contributed by atoms with van der Waals surface area (Å²) in [6.45, 7) is 4.21. The number of alkyl halides is 3. The van der Waals surface area contributed by atoms with Gasteiger partial charge in [-0.2, -0.15) is 13.2 Å². The molecule has 1 saturated heterocycles. The summed E-state index contributed by atoms with van der Waals surface area (Å²) < 4.78 is 69.4. The van der Waals surface area contributed by atoms with Crippen molar-refractivity contribution in [1.82, 2.24) is 10.2 Å². The van der Waals surface area contributed by atoms with Crippen molar-refractivity contribution < 1.29 is 46.1 Å². The second-order valence-electron chi connectivity index (χ2n) is 10.0. The Morgan fingerprint density at radius 1 is 1.05 bits per heavy atom. The maximum Gasteiger partial charge on any atom is 0.490 e. The first-order chi connectivity index (χ1) is 19.3. The molecular formula is C28H34F5N3O5. The van der Waals surface area contributed by atoms with Gasteiger partial charge in [-0.1, -0.05) is 13.0 Å². The molecule has 0 unspecified atom stereocenters. The number of likely N-dealkylation sites (tertiary alicyclic amines) is 1. The molecule has 1 saturated carbocycles. The minimum Gasteiger partial charge on any atom is -0.493 e. The SMILES string of the molecule is CCCN1CC[C@]2(c3ccc(OC)c(OC)c3)CC[C@@H](NC(=O)Nc3ccc(F)c(F)c3)C[C@H]12.O=C(O)C(F)(F)F. The Morgan fingerprint density at radius 2 is 1.73 bits per heavy atom. The molecule has 13 heteroatoms. The highest BCUT2D eigenvalue weighted by molar-refractivity contribution is 5.89. The molecule has 1 heterocycles. The number of amides is 2. The number of hydrogen-bond acceptors (Lipinski definition) is 5. The maximum absolute atomic E-state index is 13.5. The van der Waals surface area contributed by atoms with Crippen molar-refractivity contribution in [2.75, 3.05) is 32.6 Å². The van der Waals surface area contributed by atoms with Gasteiger partial charge in [-0.05, 0) is 75.0 Å². The summed E-state index contributed by atoms with van der Waals surface area (Å²) in [7, 11) is 3.29. The fourth-order valence-corrected chi connectivity index (χ4v) is 5.74. The number of carboxylic acid groups (broad SMARTS) is 1. The number of carbonyl (C=O) groups excluding carboxylic acids is 1. The molecule has 41 heavy (non-hydrogen) atoms. The lowest BCUT2D eigenvalue weighted by Crippen LogP contribution is -2.53. The fraction of sp³-hybridized carbons (Fsp3) is 0.500. The van der Waals surface area contributed by atoms with Crippen LogP contribution in [0.15, 0.2) is 36.4 Å². The van der Waals surface area contributed by atoms with Gasteiger partial charge < -0.3 is 25.2 Å². The number of fused-ring (bicyclic) bond motifs is 1. The fourth-order valence-electron chi connectivity index (χ4n) is 5.74. The van der Waals surface area contributed by atoms with Gasteiger partial charge in [-0.25, -0.2) is 18.4 Å². The number of urea groups is 1. The third kappa shape index (κ3) is 7.57. The van der Waals surface area contributed by atoms with Crippen molar-refractivity contribution >= 4 is 17.7 Å². The van der Waals surface area contributed by atoms with E-state index in [9.17, 15) is 26.7 Å². The molecule has 2 aromatic rings. The quantitative estimate of drug-likeness (QED) is 0.359. The average molecular weight is 588 g/mol. The Balaban J connectivity index is 0.000000587. The molecule has 3 N–H and O–H groups in total. The summed E-state index contributed by atoms with van der Waals surface area (Å²) in [5.74, 6) is -3.24. The smallest absolute Gasteiger partial charge is 0.490 e. The molecule has 8 nitrogen and oxygen atoms in total. The van der Waals surface area contributed by atoms with Crippen LogP contribution in [0.2, 0.25) is 0 Å². The van der Waals surface area contributed by atoms with Gasteiger partial charge >= 0.3 is 18.2 Å². The van der Waals surface area contributed by atoms with E-state index in [0.29, 0.717) is 5.75 Å². The number of anilines is 1. The van der Waals surface area contributed by atoms with Crippen LogP contribution in [0, 0.1) is 11.6 Å². The van der Waals surface area contributed by atoms with Gasteiger partial charge in [-0.15, -0.1) is 0 Å². The number of rotatable bonds is 7. The van der Waals surface area contributed by atoms with Crippen molar-refractivity contribution in [3.8, 4) is 11.5 Å². The molecule has 1 aliphatic carbocycles. The largest absolute Gasteiger partial charge is 0.493 e. The van der Waals surface area contributed by atoms with E-state index in [0.717, 1.165) is 63.1 Å². The van der Waals surface area contributed by atoms with Gasteiger partial charge in [0.2, 0.25) is 0 Å². The number of carboxylic acids is 1. The number of nitrogens with zero attached hydrogens (tertiary/aromatic N) is 1. The van der Waals surface area contributed by atoms with Crippen LogP contribution >= 0.6 is 0 Å². The molecule has 2 amide bonds. The van der Waals surface area contributed by atoms with E-state index in [1.165, 1.54) is 11.6 Å². The number of hydrogen-bond donors (Lipinski definition) is 3. The van der Waals surface area contributed by atoms with Crippen molar-refractivity contribution in [1.29, 1.82) is 0 Å². The molecule has 0 radical (unpaired) electrons. The Bertz CT molecular complexity index is 1230. The average Bonchev–Trinajstić information content (AvgIpc) is 3.29. The number of nitrogens with one attached hydrogen (secondary N) is 2. The number of ether oxygens (including phenoxy) is 2. The predicted octanol–water partition coefficient (Wildman–Crippen LogP) is 5.71. The molecule has 1 aliphatic heterocycles. The van der Waals surface area contributed by atoms with Crippen LogP contribution in [0.5, 0.6) is 11.5 Å². The predicted molar refractivity (Wildman–Crippen MR) is 141 cm³/mol. The minimum absolute atomic E-state index is 0.0105. The number of halogens is 5. The minimum atomic E-state index is -5.08. The number of benzene rings is 2. The second kappa shape index (κ2) is 13.4. The summed E-state index contributed by atoms with van der Waals surface area (Å²) in [5.41, 5.74) is 1.46. The lowest BCUT2D eigenvalue weighted by Gasteiger charge is -2.45. The summed E-state index contributed by atoms with van der Waals surface area (Å²) in [4.78, 5) is 24.0. The topological polar surface area (TPSA) is 100 Å². The van der Waals surface area contributed by atoms with Crippen LogP contribution < -0.4 is 20.1 Å². The van der Waals surface area contributed by atoms with Crippen LogP contribution in [0.4, 0.5) is 32.4 Å². The molecule has 0 bridgehead atoms. The number of aliphatic carboxylic acids is 1. The molecule has 3 atom stereocenters. The van der Waals surface area contributed by atoms with Crippen LogP contribution in [0.1, 0.15) is 44.6 Å². The van der Waals surface area contributed by atoms with Crippen molar-refractivity contribution in [3.05, 3.63) is 53.6 Å². The first-order valence-electron chi connectivity index (χ1n) is 13.1. The van der Waals surface area contributed by atoms with E-state index >= 15 is 0 Å². The Hall–Kier alpha value is -3.61. The van der Waals surface area contributed by atoms with Crippen LogP contribution in [0.25, 0.3) is 0 Å². The normalized spacial score (nSPS) is 22.1. The van der Waals surface area contributed by atoms with Gasteiger partial charge in [0.15, 0.2) is 23.1 Å². The van der Waals surface area contributed by atoms with E-state index in [4.69, 9.17) is 19.4 Å². The Morgan fingerprint density at radius 3 is 2.32 bits per heavy atom. The summed E-state index contributed by atoms with van der Waals surface area (Å²) >= 11 is 0. The van der Waals surface area contributed by atoms with Crippen LogP contribution in [-0.4, -0.2) is 67.6 Å². The van der Waals surface area contributed by atoms with E-state index < -0.39 is 29.8 Å². The standard InChI is InChI=1S/C26H33F2N3O3.C2HF3O2/c1-4-12-31-13-11-26(17-5-8-22(33-2)23(14-17)34-3)10-9-19(16-24(26)31)30-25(32)29-18-6-7-20(27)21(28)15-18;3-2(4,5)1(6)7/h5-8,14-15,19,24H,4,9-13,16H2,1-3H3,(H2,29,30,32);(H,6,7)/t19-,24+,26+;/m1./s1. The van der Waals surface area contributed by atoms with Crippen LogP contribution in [0.3, 0.4) is 0 Å². The van der Waals surface area contributed by atoms with Crippen LogP contribution in [-0.2, 0) is 10.2 Å². The van der Waals surface area contributed by atoms with Crippen molar-refractivity contribution in [3.63, 3.8) is 0 Å². The zero-order chi connectivity index (χ0) is 30.4. The molecule has 0 spiro atoms.